The van der Waals surface area contributed by atoms with Crippen LogP contribution in [-0.2, 0) is 6.54 Å². The lowest BCUT2D eigenvalue weighted by atomic mass is 10.3. The fraction of sp³-hybridized carbons (Fsp3) is 0.0714. The normalized spacial score (nSPS) is 10.4. The van der Waals surface area contributed by atoms with Gasteiger partial charge in [0, 0.05) is 10.7 Å². The minimum Gasteiger partial charge on any atom is -0.418 e. The number of rotatable bonds is 4. The third kappa shape index (κ3) is 3.63. The maximum absolute atomic E-state index is 11.8. The highest BCUT2D eigenvalue weighted by Gasteiger charge is 2.10. The molecule has 2 heterocycles. The first-order valence-corrected chi connectivity index (χ1v) is 7.63. The molecular weight excluding hydrogens is 324 g/mol. The summed E-state index contributed by atoms with van der Waals surface area (Å²) in [7, 11) is 0. The number of carbonyl (C=O) groups is 1. The molecule has 2 amide bonds. The van der Waals surface area contributed by atoms with E-state index in [4.69, 9.17) is 16.0 Å². The molecule has 0 saturated carbocycles. The molecule has 3 rings (SSSR count). The topological polar surface area (TPSA) is 80.1 Å². The lowest BCUT2D eigenvalue weighted by Crippen LogP contribution is -2.28. The van der Waals surface area contributed by atoms with E-state index < -0.39 is 0 Å². The van der Waals surface area contributed by atoms with Crippen molar-refractivity contribution in [2.24, 2.45) is 0 Å². The van der Waals surface area contributed by atoms with Gasteiger partial charge in [0.05, 0.1) is 11.4 Å². The number of nitrogens with zero attached hydrogens (tertiary/aromatic N) is 2. The van der Waals surface area contributed by atoms with Gasteiger partial charge in [0.2, 0.25) is 5.89 Å². The first-order valence-electron chi connectivity index (χ1n) is 6.37. The predicted molar refractivity (Wildman–Crippen MR) is 84.9 cm³/mol. The highest BCUT2D eigenvalue weighted by atomic mass is 35.5. The molecule has 1 aromatic carbocycles. The molecule has 0 spiro atoms. The summed E-state index contributed by atoms with van der Waals surface area (Å²) in [5.74, 6) is 0.784. The summed E-state index contributed by atoms with van der Waals surface area (Å²) in [6, 6.07) is 10.3. The number of carbonyl (C=O) groups excluding carboxylic acids is 1. The van der Waals surface area contributed by atoms with Crippen molar-refractivity contribution in [2.75, 3.05) is 5.32 Å². The molecule has 2 N–H and O–H groups in total. The summed E-state index contributed by atoms with van der Waals surface area (Å²) in [6.07, 6.45) is 0. The first kappa shape index (κ1) is 14.6. The van der Waals surface area contributed by atoms with E-state index in [0.29, 0.717) is 22.5 Å². The Morgan fingerprint density at radius 3 is 2.95 bits per heavy atom. The van der Waals surface area contributed by atoms with Crippen LogP contribution in [0.15, 0.2) is 46.2 Å². The molecule has 0 aliphatic rings. The van der Waals surface area contributed by atoms with Crippen molar-refractivity contribution in [1.82, 2.24) is 15.5 Å². The van der Waals surface area contributed by atoms with Crippen molar-refractivity contribution >= 4 is 34.7 Å². The third-order valence-electron chi connectivity index (χ3n) is 2.68. The fourth-order valence-electron chi connectivity index (χ4n) is 1.72. The Bertz CT molecular complexity index is 773. The number of anilines is 1. The average Bonchev–Trinajstić information content (AvgIpc) is 3.16. The van der Waals surface area contributed by atoms with Gasteiger partial charge in [-0.3, -0.25) is 0 Å². The smallest absolute Gasteiger partial charge is 0.319 e. The van der Waals surface area contributed by atoms with Crippen molar-refractivity contribution in [1.29, 1.82) is 0 Å². The van der Waals surface area contributed by atoms with Gasteiger partial charge in [-0.05, 0) is 29.6 Å². The van der Waals surface area contributed by atoms with E-state index >= 15 is 0 Å². The quantitative estimate of drug-likeness (QED) is 0.761. The van der Waals surface area contributed by atoms with E-state index in [-0.39, 0.29) is 12.6 Å². The molecule has 0 fully saturated rings. The Kier molecular flexibility index (Phi) is 4.36. The molecule has 2 aromatic heterocycles. The number of aromatic nitrogens is 2. The number of urea groups is 1. The summed E-state index contributed by atoms with van der Waals surface area (Å²) in [5.41, 5.74) is 0.606. The van der Waals surface area contributed by atoms with Crippen LogP contribution in [0, 0.1) is 0 Å². The zero-order valence-electron chi connectivity index (χ0n) is 11.2. The maximum Gasteiger partial charge on any atom is 0.319 e. The lowest BCUT2D eigenvalue weighted by molar-refractivity contribution is 0.250. The van der Waals surface area contributed by atoms with Gasteiger partial charge in [-0.2, -0.15) is 0 Å². The standard InChI is InChI=1S/C14H11ClN4O2S/c15-9-3-1-4-10(7-9)17-14(20)16-8-12-18-19-13(21-12)11-5-2-6-22-11/h1-7H,8H2,(H2,16,17,20). The van der Waals surface area contributed by atoms with Crippen molar-refractivity contribution in [3.05, 3.63) is 52.7 Å². The van der Waals surface area contributed by atoms with E-state index in [1.54, 1.807) is 24.3 Å². The summed E-state index contributed by atoms with van der Waals surface area (Å²) in [5, 5.41) is 15.6. The summed E-state index contributed by atoms with van der Waals surface area (Å²) in [6.45, 7) is 0.144. The number of thiophene rings is 1. The Morgan fingerprint density at radius 1 is 1.27 bits per heavy atom. The van der Waals surface area contributed by atoms with Crippen LogP contribution in [0.5, 0.6) is 0 Å². The summed E-state index contributed by atoms with van der Waals surface area (Å²) in [4.78, 5) is 12.7. The van der Waals surface area contributed by atoms with Crippen molar-refractivity contribution in [3.63, 3.8) is 0 Å². The molecule has 0 radical (unpaired) electrons. The summed E-state index contributed by atoms with van der Waals surface area (Å²) >= 11 is 7.36. The Hall–Kier alpha value is -2.38. The van der Waals surface area contributed by atoms with Gasteiger partial charge in [-0.15, -0.1) is 21.5 Å². The zero-order valence-corrected chi connectivity index (χ0v) is 12.8. The molecule has 0 atom stereocenters. The van der Waals surface area contributed by atoms with Crippen molar-refractivity contribution < 1.29 is 9.21 Å². The minimum atomic E-state index is -0.377. The minimum absolute atomic E-state index is 0.144. The van der Waals surface area contributed by atoms with Gasteiger partial charge in [0.25, 0.3) is 5.89 Å². The fourth-order valence-corrected chi connectivity index (χ4v) is 2.56. The molecule has 0 aliphatic heterocycles. The monoisotopic (exact) mass is 334 g/mol. The number of halogens is 1. The Morgan fingerprint density at radius 2 is 2.18 bits per heavy atom. The van der Waals surface area contributed by atoms with Crippen LogP contribution in [0.25, 0.3) is 10.8 Å². The van der Waals surface area contributed by atoms with Crippen LogP contribution in [-0.4, -0.2) is 16.2 Å². The number of nitrogens with one attached hydrogen (secondary N) is 2. The van der Waals surface area contributed by atoms with E-state index in [0.717, 1.165) is 4.88 Å². The van der Waals surface area contributed by atoms with E-state index in [2.05, 4.69) is 20.8 Å². The van der Waals surface area contributed by atoms with Gasteiger partial charge < -0.3 is 15.1 Å². The molecule has 6 nitrogen and oxygen atoms in total. The Balaban J connectivity index is 1.55. The van der Waals surface area contributed by atoms with Gasteiger partial charge in [0.1, 0.15) is 0 Å². The van der Waals surface area contributed by atoms with Crippen LogP contribution in [0.4, 0.5) is 10.5 Å². The lowest BCUT2D eigenvalue weighted by Gasteiger charge is -2.05. The Labute approximate surface area is 135 Å². The maximum atomic E-state index is 11.8. The first-order chi connectivity index (χ1) is 10.7. The summed E-state index contributed by atoms with van der Waals surface area (Å²) < 4.78 is 5.47. The van der Waals surface area contributed by atoms with Gasteiger partial charge in [0.15, 0.2) is 0 Å². The molecule has 8 heteroatoms. The second kappa shape index (κ2) is 6.59. The number of amides is 2. The van der Waals surface area contributed by atoms with Crippen LogP contribution < -0.4 is 10.6 Å². The van der Waals surface area contributed by atoms with Crippen LogP contribution in [0.3, 0.4) is 0 Å². The van der Waals surface area contributed by atoms with Crippen molar-refractivity contribution in [3.8, 4) is 10.8 Å². The zero-order chi connectivity index (χ0) is 15.4. The second-order valence-corrected chi connectivity index (χ2v) is 5.68. The molecule has 3 aromatic rings. The highest BCUT2D eigenvalue weighted by Crippen LogP contribution is 2.22. The number of benzene rings is 1. The SMILES string of the molecule is O=C(NCc1nnc(-c2cccs2)o1)Nc1cccc(Cl)c1. The third-order valence-corrected chi connectivity index (χ3v) is 3.77. The van der Waals surface area contributed by atoms with Gasteiger partial charge >= 0.3 is 6.03 Å². The number of hydrogen-bond acceptors (Lipinski definition) is 5. The molecular formula is C14H11ClN4O2S. The second-order valence-electron chi connectivity index (χ2n) is 4.30. The number of hydrogen-bond donors (Lipinski definition) is 2. The van der Waals surface area contributed by atoms with Crippen LogP contribution in [0.1, 0.15) is 5.89 Å². The molecule has 0 aliphatic carbocycles. The molecule has 0 unspecified atom stereocenters. The molecule has 112 valence electrons. The average molecular weight is 335 g/mol. The largest absolute Gasteiger partial charge is 0.418 e. The molecule has 22 heavy (non-hydrogen) atoms. The van der Waals surface area contributed by atoms with Crippen molar-refractivity contribution in [2.45, 2.75) is 6.54 Å². The van der Waals surface area contributed by atoms with E-state index in [9.17, 15) is 4.79 Å². The highest BCUT2D eigenvalue weighted by molar-refractivity contribution is 7.13. The van der Waals surface area contributed by atoms with E-state index in [1.807, 2.05) is 17.5 Å². The van der Waals surface area contributed by atoms with Gasteiger partial charge in [-0.25, -0.2) is 4.79 Å². The van der Waals surface area contributed by atoms with Gasteiger partial charge in [-0.1, -0.05) is 23.7 Å². The predicted octanol–water partition coefficient (Wildman–Crippen LogP) is 3.77. The molecule has 0 bridgehead atoms. The van der Waals surface area contributed by atoms with Crippen LogP contribution >= 0.6 is 22.9 Å². The van der Waals surface area contributed by atoms with E-state index in [1.165, 1.54) is 11.3 Å². The van der Waals surface area contributed by atoms with Crippen LogP contribution in [0.2, 0.25) is 5.02 Å². The molecule has 0 saturated heterocycles.